The Hall–Kier alpha value is -3.31. The van der Waals surface area contributed by atoms with Gasteiger partial charge in [0.2, 0.25) is 0 Å². The zero-order chi connectivity index (χ0) is 19.7. The molecule has 0 aliphatic rings. The summed E-state index contributed by atoms with van der Waals surface area (Å²) in [6.07, 6.45) is 0. The van der Waals surface area contributed by atoms with Crippen LogP contribution in [0.4, 0.5) is 0 Å². The molecule has 0 atom stereocenters. The summed E-state index contributed by atoms with van der Waals surface area (Å²) in [5.41, 5.74) is 4.47. The van der Waals surface area contributed by atoms with Crippen LogP contribution in [-0.4, -0.2) is 23.2 Å². The van der Waals surface area contributed by atoms with E-state index in [0.29, 0.717) is 21.5 Å². The van der Waals surface area contributed by atoms with Gasteiger partial charge in [-0.25, -0.2) is 9.78 Å². The third-order valence-electron chi connectivity index (χ3n) is 4.63. The van der Waals surface area contributed by atoms with Crippen LogP contribution in [0.2, 0.25) is 0 Å². The van der Waals surface area contributed by atoms with Crippen molar-refractivity contribution in [2.24, 2.45) is 0 Å². The summed E-state index contributed by atoms with van der Waals surface area (Å²) < 4.78 is 5.19. The lowest BCUT2D eigenvalue weighted by molar-refractivity contribution is 0.0699. The fourth-order valence-corrected chi connectivity index (χ4v) is 3.36. The van der Waals surface area contributed by atoms with Gasteiger partial charge in [-0.05, 0) is 47.5 Å². The highest BCUT2D eigenvalue weighted by Gasteiger charge is 2.13. The predicted molar refractivity (Wildman–Crippen MR) is 113 cm³/mol. The summed E-state index contributed by atoms with van der Waals surface area (Å²) in [6, 6.07) is 22.7. The molecule has 4 rings (SSSR count). The van der Waals surface area contributed by atoms with E-state index in [0.717, 1.165) is 22.4 Å². The minimum absolute atomic E-state index is 0.218. The fourth-order valence-electron chi connectivity index (χ4n) is 3.16. The first-order valence-electron chi connectivity index (χ1n) is 8.67. The minimum atomic E-state index is -0.984. The van der Waals surface area contributed by atoms with Crippen molar-refractivity contribution in [3.05, 3.63) is 78.4 Å². The summed E-state index contributed by atoms with van der Waals surface area (Å²) in [7, 11) is 1.64. The molecule has 0 aliphatic heterocycles. The van der Waals surface area contributed by atoms with E-state index in [1.165, 1.54) is 0 Å². The summed E-state index contributed by atoms with van der Waals surface area (Å²) in [6.45, 7) is 0. The SMILES string of the molecule is COc1ccc(-c2ccc(-c3cc(C(=O)O)c4cc(S)ccc4n3)cc2)cc1. The number of fused-ring (bicyclic) bond motifs is 1. The molecule has 4 nitrogen and oxygen atoms in total. The summed E-state index contributed by atoms with van der Waals surface area (Å²) in [5.74, 6) is -0.172. The van der Waals surface area contributed by atoms with Gasteiger partial charge in [0.05, 0.1) is 23.9 Å². The Morgan fingerprint density at radius 2 is 1.50 bits per heavy atom. The third kappa shape index (κ3) is 3.44. The van der Waals surface area contributed by atoms with E-state index in [2.05, 4.69) is 17.6 Å². The first-order chi connectivity index (χ1) is 13.5. The van der Waals surface area contributed by atoms with Gasteiger partial charge in [-0.2, -0.15) is 0 Å². The molecule has 0 saturated heterocycles. The third-order valence-corrected chi connectivity index (χ3v) is 4.90. The molecule has 1 aromatic heterocycles. The van der Waals surface area contributed by atoms with E-state index < -0.39 is 5.97 Å². The van der Waals surface area contributed by atoms with Crippen LogP contribution in [-0.2, 0) is 0 Å². The van der Waals surface area contributed by atoms with Gasteiger partial charge in [-0.15, -0.1) is 12.6 Å². The molecule has 0 amide bonds. The number of benzene rings is 3. The highest BCUT2D eigenvalue weighted by atomic mass is 32.1. The normalized spacial score (nSPS) is 10.8. The monoisotopic (exact) mass is 387 g/mol. The number of aromatic carboxylic acids is 1. The second kappa shape index (κ2) is 7.37. The maximum Gasteiger partial charge on any atom is 0.336 e. The molecule has 0 aliphatic carbocycles. The van der Waals surface area contributed by atoms with E-state index >= 15 is 0 Å². The summed E-state index contributed by atoms with van der Waals surface area (Å²) in [5, 5.41) is 10.2. The molecule has 0 radical (unpaired) electrons. The van der Waals surface area contributed by atoms with Crippen molar-refractivity contribution in [2.75, 3.05) is 7.11 Å². The quantitative estimate of drug-likeness (QED) is 0.450. The Labute approximate surface area is 167 Å². The van der Waals surface area contributed by atoms with Gasteiger partial charge in [0.25, 0.3) is 0 Å². The molecular formula is C23H17NO3S. The fraction of sp³-hybridized carbons (Fsp3) is 0.0435. The number of ether oxygens (including phenoxy) is 1. The molecule has 0 saturated carbocycles. The van der Waals surface area contributed by atoms with Crippen molar-refractivity contribution < 1.29 is 14.6 Å². The molecular weight excluding hydrogens is 370 g/mol. The smallest absolute Gasteiger partial charge is 0.336 e. The van der Waals surface area contributed by atoms with Crippen molar-refractivity contribution in [3.8, 4) is 28.1 Å². The van der Waals surface area contributed by atoms with Crippen LogP contribution in [0.3, 0.4) is 0 Å². The van der Waals surface area contributed by atoms with E-state index in [-0.39, 0.29) is 5.56 Å². The summed E-state index contributed by atoms with van der Waals surface area (Å²) >= 11 is 4.30. The van der Waals surface area contributed by atoms with Crippen LogP contribution >= 0.6 is 12.6 Å². The minimum Gasteiger partial charge on any atom is -0.497 e. The number of nitrogens with zero attached hydrogens (tertiary/aromatic N) is 1. The largest absolute Gasteiger partial charge is 0.497 e. The van der Waals surface area contributed by atoms with Gasteiger partial charge in [-0.1, -0.05) is 36.4 Å². The van der Waals surface area contributed by atoms with Crippen LogP contribution in [0.1, 0.15) is 10.4 Å². The Morgan fingerprint density at radius 3 is 2.11 bits per heavy atom. The predicted octanol–water partition coefficient (Wildman–Crippen LogP) is 5.56. The number of rotatable bonds is 4. The van der Waals surface area contributed by atoms with E-state index in [4.69, 9.17) is 4.74 Å². The maximum atomic E-state index is 11.7. The Kier molecular flexibility index (Phi) is 4.75. The second-order valence-electron chi connectivity index (χ2n) is 6.37. The van der Waals surface area contributed by atoms with Gasteiger partial charge in [0.1, 0.15) is 5.75 Å². The lowest BCUT2D eigenvalue weighted by Crippen LogP contribution is -2.00. The van der Waals surface area contributed by atoms with E-state index in [9.17, 15) is 9.90 Å². The number of thiol groups is 1. The molecule has 28 heavy (non-hydrogen) atoms. The maximum absolute atomic E-state index is 11.7. The van der Waals surface area contributed by atoms with Crippen molar-refractivity contribution >= 4 is 29.5 Å². The van der Waals surface area contributed by atoms with Crippen molar-refractivity contribution in [3.63, 3.8) is 0 Å². The van der Waals surface area contributed by atoms with Gasteiger partial charge in [0.15, 0.2) is 0 Å². The van der Waals surface area contributed by atoms with Crippen LogP contribution in [0.25, 0.3) is 33.3 Å². The first-order valence-corrected chi connectivity index (χ1v) is 9.12. The van der Waals surface area contributed by atoms with Gasteiger partial charge in [0, 0.05) is 15.8 Å². The number of methoxy groups -OCH3 is 1. The van der Waals surface area contributed by atoms with E-state index in [1.807, 2.05) is 48.5 Å². The molecule has 0 fully saturated rings. The van der Waals surface area contributed by atoms with Crippen LogP contribution < -0.4 is 4.74 Å². The number of hydrogen-bond acceptors (Lipinski definition) is 4. The van der Waals surface area contributed by atoms with Gasteiger partial charge < -0.3 is 9.84 Å². The van der Waals surface area contributed by atoms with Crippen molar-refractivity contribution in [1.29, 1.82) is 0 Å². The summed E-state index contributed by atoms with van der Waals surface area (Å²) in [4.78, 5) is 17.1. The molecule has 138 valence electrons. The number of aromatic nitrogens is 1. The molecule has 1 N–H and O–H groups in total. The Bertz CT molecular complexity index is 1170. The lowest BCUT2D eigenvalue weighted by atomic mass is 10.0. The number of carboxylic acids is 1. The van der Waals surface area contributed by atoms with Crippen LogP contribution in [0, 0.1) is 0 Å². The molecule has 3 aromatic carbocycles. The number of carboxylic acid groups (broad SMARTS) is 1. The van der Waals surface area contributed by atoms with E-state index in [1.54, 1.807) is 31.4 Å². The van der Waals surface area contributed by atoms with Gasteiger partial charge in [-0.3, -0.25) is 0 Å². The highest BCUT2D eigenvalue weighted by Crippen LogP contribution is 2.29. The molecule has 4 aromatic rings. The van der Waals surface area contributed by atoms with Crippen molar-refractivity contribution in [2.45, 2.75) is 4.90 Å². The molecule has 5 heteroatoms. The Morgan fingerprint density at radius 1 is 0.893 bits per heavy atom. The molecule has 1 heterocycles. The average molecular weight is 387 g/mol. The standard InChI is InChI=1S/C23H17NO3S/c1-27-17-8-6-15(7-9-17)14-2-4-16(5-3-14)22-13-20(23(25)26)19-12-18(28)10-11-21(19)24-22/h2-13,28H,1H3,(H,25,26). The van der Waals surface area contributed by atoms with Crippen LogP contribution in [0.15, 0.2) is 77.7 Å². The number of carbonyl (C=O) groups is 1. The molecule has 0 unspecified atom stereocenters. The molecule has 0 spiro atoms. The lowest BCUT2D eigenvalue weighted by Gasteiger charge is -2.09. The number of hydrogen-bond donors (Lipinski definition) is 2. The first kappa shape index (κ1) is 18.1. The van der Waals surface area contributed by atoms with Gasteiger partial charge >= 0.3 is 5.97 Å². The van der Waals surface area contributed by atoms with Crippen LogP contribution in [0.5, 0.6) is 5.75 Å². The van der Waals surface area contributed by atoms with Crippen molar-refractivity contribution in [1.82, 2.24) is 4.98 Å². The zero-order valence-electron chi connectivity index (χ0n) is 15.1. The number of pyridine rings is 1. The molecule has 0 bridgehead atoms. The zero-order valence-corrected chi connectivity index (χ0v) is 16.0. The Balaban J connectivity index is 1.75. The topological polar surface area (TPSA) is 59.4 Å². The highest BCUT2D eigenvalue weighted by molar-refractivity contribution is 7.80. The second-order valence-corrected chi connectivity index (χ2v) is 6.88. The average Bonchev–Trinajstić information content (AvgIpc) is 2.73.